The molecule has 7 heteroatoms. The van der Waals surface area contributed by atoms with Gasteiger partial charge in [-0.1, -0.05) is 0 Å². The minimum atomic E-state index is -0.841. The first-order valence-electron chi connectivity index (χ1n) is 3.93. The third-order valence-electron chi connectivity index (χ3n) is 1.57. The van der Waals surface area contributed by atoms with Crippen LogP contribution >= 0.6 is 9.47 Å². The van der Waals surface area contributed by atoms with Crippen LogP contribution in [-0.4, -0.2) is 23.7 Å². The maximum Gasteiger partial charge on any atom is 0.315 e. The zero-order chi connectivity index (χ0) is 11.1. The average molecular weight is 220 g/mol. The number of carbonyl (C=O) groups excluding carboxylic acids is 3. The van der Waals surface area contributed by atoms with Crippen LogP contribution in [0.1, 0.15) is 19.3 Å². The zero-order valence-electron chi connectivity index (χ0n) is 7.56. The lowest BCUT2D eigenvalue weighted by molar-refractivity contribution is -0.137. The lowest BCUT2D eigenvalue weighted by Crippen LogP contribution is -2.33. The lowest BCUT2D eigenvalue weighted by Gasteiger charge is -2.07. The number of carbonyl (C=O) groups is 3. The van der Waals surface area contributed by atoms with E-state index in [2.05, 4.69) is 4.52 Å². The standard InChI is InChI=1S/C7H13N2O4P/c8-4(1-2-6(9)11)5(10)3-7(12)13-14/h4H,1-3,8,14H2,(H2,9,11)/t4-/m0/s1. The zero-order valence-corrected chi connectivity index (χ0v) is 8.72. The molecule has 0 aliphatic rings. The van der Waals surface area contributed by atoms with Crippen molar-refractivity contribution in [1.82, 2.24) is 0 Å². The largest absolute Gasteiger partial charge is 0.451 e. The van der Waals surface area contributed by atoms with Gasteiger partial charge in [0.15, 0.2) is 5.78 Å². The van der Waals surface area contributed by atoms with Crippen molar-refractivity contribution in [2.75, 3.05) is 0 Å². The molecule has 0 saturated heterocycles. The first-order valence-corrected chi connectivity index (χ1v) is 4.40. The Bertz CT molecular complexity index is 244. The van der Waals surface area contributed by atoms with E-state index < -0.39 is 23.7 Å². The third kappa shape index (κ3) is 5.61. The molecule has 1 unspecified atom stereocenters. The summed E-state index contributed by atoms with van der Waals surface area (Å²) < 4.78 is 4.21. The van der Waals surface area contributed by atoms with E-state index in [1.54, 1.807) is 9.47 Å². The van der Waals surface area contributed by atoms with Crippen LogP contribution in [0.2, 0.25) is 0 Å². The fourth-order valence-electron chi connectivity index (χ4n) is 0.774. The Hall–Kier alpha value is -1.00. The molecule has 0 heterocycles. The molecule has 14 heavy (non-hydrogen) atoms. The van der Waals surface area contributed by atoms with Gasteiger partial charge in [0.05, 0.1) is 15.5 Å². The summed E-state index contributed by atoms with van der Waals surface area (Å²) in [5, 5.41) is 0. The Kier molecular flexibility index (Phi) is 5.99. The molecule has 80 valence electrons. The minimum Gasteiger partial charge on any atom is -0.451 e. The van der Waals surface area contributed by atoms with Gasteiger partial charge in [-0.25, -0.2) is 0 Å². The van der Waals surface area contributed by atoms with Crippen molar-refractivity contribution < 1.29 is 18.9 Å². The van der Waals surface area contributed by atoms with Crippen molar-refractivity contribution in [3.05, 3.63) is 0 Å². The van der Waals surface area contributed by atoms with Gasteiger partial charge in [0, 0.05) is 6.42 Å². The van der Waals surface area contributed by atoms with Gasteiger partial charge in [0.1, 0.15) is 6.42 Å². The first kappa shape index (κ1) is 13.0. The summed E-state index contributed by atoms with van der Waals surface area (Å²) in [4.78, 5) is 32.2. The molecule has 0 rings (SSSR count). The maximum atomic E-state index is 11.1. The predicted octanol–water partition coefficient (Wildman–Crippen LogP) is -1.13. The molecule has 0 spiro atoms. The number of hydrogen-bond acceptors (Lipinski definition) is 5. The van der Waals surface area contributed by atoms with Crippen LogP contribution in [0, 0.1) is 0 Å². The van der Waals surface area contributed by atoms with Crippen molar-refractivity contribution in [2.45, 2.75) is 25.3 Å². The van der Waals surface area contributed by atoms with Crippen LogP contribution in [0.25, 0.3) is 0 Å². The van der Waals surface area contributed by atoms with Crippen molar-refractivity contribution in [2.24, 2.45) is 11.5 Å². The maximum absolute atomic E-state index is 11.1. The van der Waals surface area contributed by atoms with E-state index in [-0.39, 0.29) is 19.3 Å². The molecule has 0 saturated carbocycles. The fraction of sp³-hybridized carbons (Fsp3) is 0.571. The number of ketones is 1. The van der Waals surface area contributed by atoms with Crippen molar-refractivity contribution in [3.63, 3.8) is 0 Å². The number of amides is 1. The number of Topliss-reactive ketones (excluding diaryl/α,β-unsaturated/α-hetero) is 1. The van der Waals surface area contributed by atoms with Crippen LogP contribution in [0.15, 0.2) is 0 Å². The Labute approximate surface area is 83.6 Å². The second-order valence-corrected chi connectivity index (χ2v) is 2.98. The van der Waals surface area contributed by atoms with E-state index in [0.717, 1.165) is 0 Å². The summed E-state index contributed by atoms with van der Waals surface area (Å²) in [6.07, 6.45) is -0.204. The summed E-state index contributed by atoms with van der Waals surface area (Å²) in [6, 6.07) is -0.841. The second-order valence-electron chi connectivity index (χ2n) is 2.74. The molecule has 0 radical (unpaired) electrons. The predicted molar refractivity (Wildman–Crippen MR) is 51.8 cm³/mol. The molecule has 0 aromatic carbocycles. The smallest absolute Gasteiger partial charge is 0.315 e. The van der Waals surface area contributed by atoms with Crippen LogP contribution in [0.5, 0.6) is 0 Å². The number of rotatable bonds is 6. The first-order chi connectivity index (χ1) is 6.47. The molecule has 0 aliphatic heterocycles. The molecular weight excluding hydrogens is 207 g/mol. The van der Waals surface area contributed by atoms with Gasteiger partial charge in [-0.2, -0.15) is 0 Å². The Morgan fingerprint density at radius 1 is 1.36 bits per heavy atom. The second kappa shape index (κ2) is 6.45. The highest BCUT2D eigenvalue weighted by molar-refractivity contribution is 7.10. The third-order valence-corrected chi connectivity index (χ3v) is 1.83. The molecule has 0 aliphatic carbocycles. The Balaban J connectivity index is 3.87. The SMILES string of the molecule is NC(=O)CC[C@H](N)C(=O)CC(=O)OP. The van der Waals surface area contributed by atoms with Gasteiger partial charge in [0.2, 0.25) is 5.91 Å². The van der Waals surface area contributed by atoms with Gasteiger partial charge in [0.25, 0.3) is 0 Å². The Morgan fingerprint density at radius 2 is 1.93 bits per heavy atom. The van der Waals surface area contributed by atoms with Crippen LogP contribution in [-0.2, 0) is 18.9 Å². The van der Waals surface area contributed by atoms with Gasteiger partial charge >= 0.3 is 5.97 Å². The molecule has 0 aromatic rings. The normalized spacial score (nSPS) is 11.9. The van der Waals surface area contributed by atoms with Crippen molar-refractivity contribution in [3.8, 4) is 0 Å². The summed E-state index contributed by atoms with van der Waals surface area (Å²) in [5.74, 6) is -1.66. The van der Waals surface area contributed by atoms with Crippen LogP contribution < -0.4 is 11.5 Å². The number of hydrogen-bond donors (Lipinski definition) is 2. The molecule has 2 atom stereocenters. The number of primary amides is 1. The lowest BCUT2D eigenvalue weighted by atomic mass is 10.1. The van der Waals surface area contributed by atoms with Gasteiger partial charge in [-0.05, 0) is 6.42 Å². The van der Waals surface area contributed by atoms with Crippen LogP contribution in [0.3, 0.4) is 0 Å². The summed E-state index contributed by atoms with van der Waals surface area (Å²) >= 11 is 0. The quantitative estimate of drug-likeness (QED) is 0.434. The molecule has 4 N–H and O–H groups in total. The number of nitrogens with two attached hydrogens (primary N) is 2. The molecule has 6 nitrogen and oxygen atoms in total. The summed E-state index contributed by atoms with van der Waals surface area (Å²) in [7, 11) is 1.74. The molecule has 1 amide bonds. The van der Waals surface area contributed by atoms with Gasteiger partial charge in [-0.3, -0.25) is 14.4 Å². The van der Waals surface area contributed by atoms with Crippen molar-refractivity contribution in [1.29, 1.82) is 0 Å². The highest BCUT2D eigenvalue weighted by Crippen LogP contribution is 2.01. The monoisotopic (exact) mass is 220 g/mol. The minimum absolute atomic E-state index is 0.0306. The van der Waals surface area contributed by atoms with Crippen molar-refractivity contribution >= 4 is 27.1 Å². The average Bonchev–Trinajstić information content (AvgIpc) is 2.13. The van der Waals surface area contributed by atoms with Gasteiger partial charge in [-0.15, -0.1) is 0 Å². The topological polar surface area (TPSA) is 112 Å². The highest BCUT2D eigenvalue weighted by atomic mass is 31.0. The molecule has 0 aromatic heterocycles. The van der Waals surface area contributed by atoms with Gasteiger partial charge < -0.3 is 16.0 Å². The Morgan fingerprint density at radius 3 is 2.36 bits per heavy atom. The molecule has 0 fully saturated rings. The van der Waals surface area contributed by atoms with Crippen LogP contribution in [0.4, 0.5) is 0 Å². The highest BCUT2D eigenvalue weighted by Gasteiger charge is 2.17. The van der Waals surface area contributed by atoms with E-state index in [0.29, 0.717) is 0 Å². The summed E-state index contributed by atoms with van der Waals surface area (Å²) in [6.45, 7) is 0. The molecular formula is C7H13N2O4P. The van der Waals surface area contributed by atoms with E-state index in [1.807, 2.05) is 0 Å². The van der Waals surface area contributed by atoms with E-state index in [9.17, 15) is 14.4 Å². The van der Waals surface area contributed by atoms with E-state index >= 15 is 0 Å². The summed E-state index contributed by atoms with van der Waals surface area (Å²) in [5.41, 5.74) is 10.3. The molecule has 0 bridgehead atoms. The van der Waals surface area contributed by atoms with E-state index in [4.69, 9.17) is 11.5 Å². The van der Waals surface area contributed by atoms with E-state index in [1.165, 1.54) is 0 Å². The fourth-order valence-corrected chi connectivity index (χ4v) is 0.857.